The summed E-state index contributed by atoms with van der Waals surface area (Å²) in [7, 11) is 0. The summed E-state index contributed by atoms with van der Waals surface area (Å²) in [6.07, 6.45) is 2.28. The number of nitrogens with one attached hydrogen (secondary N) is 4. The lowest BCUT2D eigenvalue weighted by molar-refractivity contribution is -0.132. The molecule has 0 fully saturated rings. The van der Waals surface area contributed by atoms with E-state index in [9.17, 15) is 28.8 Å². The molecule has 3 atom stereocenters. The van der Waals surface area contributed by atoms with Crippen LogP contribution in [0, 0.1) is 5.92 Å². The Morgan fingerprint density at radius 1 is 0.707 bits per heavy atom. The lowest BCUT2D eigenvalue weighted by Crippen LogP contribution is -2.45. The molecule has 0 aliphatic heterocycles. The van der Waals surface area contributed by atoms with E-state index >= 15 is 0 Å². The maximum atomic E-state index is 13.8. The largest absolute Gasteiger partial charge is 0.449 e. The average Bonchev–Trinajstić information content (AvgIpc) is 3.51. The van der Waals surface area contributed by atoms with E-state index in [1.807, 2.05) is 48.5 Å². The van der Waals surface area contributed by atoms with Gasteiger partial charge in [-0.2, -0.15) is 0 Å². The fraction of sp³-hybridized carbons (Fsp3) is 0.478. The molecule has 1 aliphatic carbocycles. The summed E-state index contributed by atoms with van der Waals surface area (Å²) in [6, 6.07) is 21.8. The van der Waals surface area contributed by atoms with Gasteiger partial charge in [-0.25, -0.2) is 9.59 Å². The van der Waals surface area contributed by atoms with Gasteiger partial charge in [0.2, 0.25) is 5.91 Å². The molecule has 58 heavy (non-hydrogen) atoms. The molecule has 0 saturated carbocycles. The van der Waals surface area contributed by atoms with Crippen molar-refractivity contribution in [3.8, 4) is 11.1 Å². The van der Waals surface area contributed by atoms with Crippen LogP contribution in [-0.2, 0) is 30.3 Å². The monoisotopic (exact) mass is 796 g/mol. The number of Topliss-reactive ketones (excluding diaryl/α,β-unsaturated/α-hetero) is 2. The molecule has 4 amide bonds. The van der Waals surface area contributed by atoms with Crippen LogP contribution in [0.15, 0.2) is 72.8 Å². The summed E-state index contributed by atoms with van der Waals surface area (Å²) < 4.78 is 11.0. The minimum absolute atomic E-state index is 0.0777. The first-order chi connectivity index (χ1) is 27.7. The van der Waals surface area contributed by atoms with Gasteiger partial charge in [-0.05, 0) is 113 Å². The molecule has 0 heterocycles. The summed E-state index contributed by atoms with van der Waals surface area (Å²) in [5.74, 6) is -2.14. The number of hydrogen-bond acceptors (Lipinski definition) is 8. The highest BCUT2D eigenvalue weighted by Gasteiger charge is 2.31. The minimum atomic E-state index is -0.940. The van der Waals surface area contributed by atoms with E-state index in [4.69, 9.17) is 9.47 Å². The van der Waals surface area contributed by atoms with E-state index in [2.05, 4.69) is 40.3 Å². The predicted octanol–water partition coefficient (Wildman–Crippen LogP) is 7.42. The highest BCUT2D eigenvalue weighted by atomic mass is 16.6. The van der Waals surface area contributed by atoms with E-state index in [0.29, 0.717) is 50.8 Å². The normalized spacial score (nSPS) is 13.6. The minimum Gasteiger partial charge on any atom is -0.449 e. The molecule has 12 nitrogen and oxygen atoms in total. The number of ketones is 2. The molecule has 0 bridgehead atoms. The summed E-state index contributed by atoms with van der Waals surface area (Å²) >= 11 is 0. The molecule has 3 aromatic rings. The van der Waals surface area contributed by atoms with Crippen LogP contribution in [0.3, 0.4) is 0 Å². The Balaban J connectivity index is 1.32. The Labute approximate surface area is 342 Å². The average molecular weight is 797 g/mol. The van der Waals surface area contributed by atoms with Gasteiger partial charge in [0.15, 0.2) is 11.6 Å². The summed E-state index contributed by atoms with van der Waals surface area (Å²) in [4.78, 5) is 77.4. The number of ether oxygens (including phenoxy) is 2. The molecule has 0 radical (unpaired) electrons. The van der Waals surface area contributed by atoms with E-state index in [-0.39, 0.29) is 42.8 Å². The highest BCUT2D eigenvalue weighted by Crippen LogP contribution is 2.44. The Kier molecular flexibility index (Phi) is 17.0. The van der Waals surface area contributed by atoms with Crippen molar-refractivity contribution in [1.29, 1.82) is 0 Å². The Morgan fingerprint density at radius 3 is 1.84 bits per heavy atom. The van der Waals surface area contributed by atoms with Gasteiger partial charge in [-0.15, -0.1) is 0 Å². The summed E-state index contributed by atoms with van der Waals surface area (Å²) in [6.45, 7) is 11.2. The molecule has 4 N–H and O–H groups in total. The second kappa shape index (κ2) is 21.9. The standard InChI is InChI=1S/C46H60N4O8/c1-7-32-22-24-33(25-23-32)43(54)47-26-14-13-21-40(50-45(56)57-29-38-36-18-10-8-16-34(36)35-17-9-11-19-37(35)38)41(52)28-30(2)42(53)49-39(31(3)51)20-12-15-27-48-44(55)58-46(4,5)6/h8-11,16-19,22-25,30,38-40H,7,12-15,20-21,26-29H2,1-6H3,(H,47,54)(H,48,55)(H,49,53)(H,50,56). The fourth-order valence-corrected chi connectivity index (χ4v) is 6.97. The van der Waals surface area contributed by atoms with Gasteiger partial charge in [0.05, 0.1) is 12.1 Å². The van der Waals surface area contributed by atoms with Crippen LogP contribution in [-0.4, -0.2) is 72.9 Å². The third kappa shape index (κ3) is 13.8. The van der Waals surface area contributed by atoms with Gasteiger partial charge >= 0.3 is 12.2 Å². The third-order valence-electron chi connectivity index (χ3n) is 10.2. The number of benzene rings is 3. The summed E-state index contributed by atoms with van der Waals surface area (Å²) in [5, 5.41) is 11.2. The molecule has 0 spiro atoms. The number of hydrogen-bond donors (Lipinski definition) is 4. The molecule has 312 valence electrons. The van der Waals surface area contributed by atoms with E-state index in [1.54, 1.807) is 39.8 Å². The Bertz CT molecular complexity index is 1840. The fourth-order valence-electron chi connectivity index (χ4n) is 6.97. The lowest BCUT2D eigenvalue weighted by atomic mass is 9.95. The molecule has 12 heteroatoms. The highest BCUT2D eigenvalue weighted by molar-refractivity contribution is 5.94. The van der Waals surface area contributed by atoms with Gasteiger partial charge < -0.3 is 30.7 Å². The molecule has 4 rings (SSSR count). The van der Waals surface area contributed by atoms with E-state index in [1.165, 1.54) is 6.92 Å². The first-order valence-corrected chi connectivity index (χ1v) is 20.5. The van der Waals surface area contributed by atoms with Crippen LogP contribution in [0.25, 0.3) is 11.1 Å². The number of rotatable bonds is 21. The van der Waals surface area contributed by atoms with Gasteiger partial charge in [0.1, 0.15) is 12.2 Å². The van der Waals surface area contributed by atoms with E-state index in [0.717, 1.165) is 34.2 Å². The quantitative estimate of drug-likeness (QED) is 0.0808. The zero-order chi connectivity index (χ0) is 42.2. The Morgan fingerprint density at radius 2 is 1.28 bits per heavy atom. The number of alkyl carbamates (subject to hydrolysis) is 2. The summed E-state index contributed by atoms with van der Waals surface area (Å²) in [5.41, 5.74) is 5.42. The Hall–Kier alpha value is -5.52. The smallest absolute Gasteiger partial charge is 0.407 e. The second-order valence-corrected chi connectivity index (χ2v) is 16.0. The van der Waals surface area contributed by atoms with E-state index < -0.39 is 41.7 Å². The first-order valence-electron chi connectivity index (χ1n) is 20.5. The number of carbonyl (C=O) groups is 6. The van der Waals surface area contributed by atoms with Crippen molar-refractivity contribution in [3.05, 3.63) is 95.1 Å². The first kappa shape index (κ1) is 45.2. The maximum absolute atomic E-state index is 13.8. The lowest BCUT2D eigenvalue weighted by Gasteiger charge is -2.22. The zero-order valence-electron chi connectivity index (χ0n) is 34.8. The zero-order valence-corrected chi connectivity index (χ0v) is 34.8. The number of unbranched alkanes of at least 4 members (excludes halogenated alkanes) is 2. The van der Waals surface area contributed by atoms with Crippen molar-refractivity contribution in [2.75, 3.05) is 19.7 Å². The molecule has 0 saturated heterocycles. The van der Waals surface area contributed by atoms with Crippen molar-refractivity contribution in [2.24, 2.45) is 5.92 Å². The van der Waals surface area contributed by atoms with Crippen molar-refractivity contribution < 1.29 is 38.2 Å². The van der Waals surface area contributed by atoms with Crippen molar-refractivity contribution in [1.82, 2.24) is 21.3 Å². The second-order valence-electron chi connectivity index (χ2n) is 16.0. The topological polar surface area (TPSA) is 169 Å². The van der Waals surface area contributed by atoms with Crippen LogP contribution in [0.2, 0.25) is 0 Å². The van der Waals surface area contributed by atoms with Gasteiger partial charge in [-0.1, -0.05) is 74.5 Å². The molecule has 3 aromatic carbocycles. The third-order valence-corrected chi connectivity index (χ3v) is 10.2. The van der Waals surface area contributed by atoms with Crippen LogP contribution in [0.5, 0.6) is 0 Å². The van der Waals surface area contributed by atoms with Crippen LogP contribution in [0.4, 0.5) is 9.59 Å². The molecule has 1 aliphatic rings. The van der Waals surface area contributed by atoms with Crippen LogP contribution in [0.1, 0.15) is 119 Å². The maximum Gasteiger partial charge on any atom is 0.407 e. The number of amides is 4. The number of carbonyl (C=O) groups excluding carboxylic acids is 6. The number of fused-ring (bicyclic) bond motifs is 3. The SMILES string of the molecule is CCc1ccc(C(=O)NCCCCC(NC(=O)OCC2c3ccccc3-c3ccccc32)C(=O)CC(C)C(=O)NC(CCCCNC(=O)OC(C)(C)C)C(C)=O)cc1. The molecular weight excluding hydrogens is 737 g/mol. The molecule has 0 aromatic heterocycles. The van der Waals surface area contributed by atoms with Crippen molar-refractivity contribution in [2.45, 2.75) is 117 Å². The van der Waals surface area contributed by atoms with Crippen LogP contribution < -0.4 is 21.3 Å². The predicted molar refractivity (Wildman–Crippen MR) is 223 cm³/mol. The number of aryl methyl sites for hydroxylation is 1. The van der Waals surface area contributed by atoms with Gasteiger partial charge in [-0.3, -0.25) is 19.2 Å². The molecule has 3 unspecified atom stereocenters. The van der Waals surface area contributed by atoms with Crippen LogP contribution >= 0.6 is 0 Å². The van der Waals surface area contributed by atoms with Gasteiger partial charge in [0, 0.05) is 36.9 Å². The molecular formula is C46H60N4O8. The van der Waals surface area contributed by atoms with Crippen molar-refractivity contribution in [3.63, 3.8) is 0 Å². The van der Waals surface area contributed by atoms with Crippen molar-refractivity contribution >= 4 is 35.6 Å². The van der Waals surface area contributed by atoms with Gasteiger partial charge in [0.25, 0.3) is 5.91 Å².